The lowest BCUT2D eigenvalue weighted by atomic mass is 10.2. The maximum atomic E-state index is 13.6. The molecule has 0 atom stereocenters. The second-order valence-electron chi connectivity index (χ2n) is 3.82. The summed E-state index contributed by atoms with van der Waals surface area (Å²) < 4.78 is 20.1. The highest BCUT2D eigenvalue weighted by Crippen LogP contribution is 2.33. The van der Waals surface area contributed by atoms with Crippen LogP contribution in [-0.2, 0) is 0 Å². The number of nitrogens with one attached hydrogen (secondary N) is 1. The fourth-order valence-corrected chi connectivity index (χ4v) is 2.38. The third-order valence-electron chi connectivity index (χ3n) is 2.54. The van der Waals surface area contributed by atoms with Crippen LogP contribution in [0.15, 0.2) is 34.8 Å². The first-order valence-electron chi connectivity index (χ1n) is 5.36. The van der Waals surface area contributed by atoms with E-state index in [-0.39, 0.29) is 5.82 Å². The molecular weight excluding hydrogens is 426 g/mol. The van der Waals surface area contributed by atoms with Crippen molar-refractivity contribution < 1.29 is 9.13 Å². The number of hydrogen-bond acceptors (Lipinski definition) is 3. The summed E-state index contributed by atoms with van der Waals surface area (Å²) in [4.78, 5) is 0. The van der Waals surface area contributed by atoms with E-state index < -0.39 is 0 Å². The molecule has 2 rings (SSSR count). The molecule has 6 heteroatoms. The highest BCUT2D eigenvalue weighted by atomic mass is 127. The number of nitrogens with two attached hydrogens (primary N) is 1. The third-order valence-corrected chi connectivity index (χ3v) is 4.05. The standard InChI is InChI=1S/C13H11BrFIN2O/c1-19-7-2-3-8(14)12(4-7)18-13-5-9(15)10(16)6-11(13)17/h2-6,18H,17H2,1H3. The molecule has 0 saturated heterocycles. The van der Waals surface area contributed by atoms with E-state index in [0.29, 0.717) is 20.7 Å². The number of ether oxygens (including phenoxy) is 1. The smallest absolute Gasteiger partial charge is 0.138 e. The van der Waals surface area contributed by atoms with E-state index >= 15 is 0 Å². The van der Waals surface area contributed by atoms with Gasteiger partial charge in [0.2, 0.25) is 0 Å². The van der Waals surface area contributed by atoms with Crippen molar-refractivity contribution in [2.75, 3.05) is 18.2 Å². The van der Waals surface area contributed by atoms with E-state index in [4.69, 9.17) is 10.5 Å². The third kappa shape index (κ3) is 3.30. The molecule has 0 fully saturated rings. The van der Waals surface area contributed by atoms with Gasteiger partial charge in [0, 0.05) is 16.6 Å². The molecule has 0 aliphatic carbocycles. The number of halogens is 3. The molecule has 0 heterocycles. The Kier molecular flexibility index (Phi) is 4.51. The van der Waals surface area contributed by atoms with Gasteiger partial charge in [-0.3, -0.25) is 0 Å². The van der Waals surface area contributed by atoms with E-state index in [2.05, 4.69) is 21.2 Å². The minimum absolute atomic E-state index is 0.309. The van der Waals surface area contributed by atoms with Crippen LogP contribution < -0.4 is 15.8 Å². The molecule has 3 N–H and O–H groups in total. The fourth-order valence-electron chi connectivity index (χ4n) is 1.54. The lowest BCUT2D eigenvalue weighted by molar-refractivity contribution is 0.415. The van der Waals surface area contributed by atoms with Gasteiger partial charge in [-0.25, -0.2) is 4.39 Å². The van der Waals surface area contributed by atoms with Gasteiger partial charge in [0.15, 0.2) is 0 Å². The first-order chi connectivity index (χ1) is 9.01. The number of hydrogen-bond donors (Lipinski definition) is 2. The van der Waals surface area contributed by atoms with Crippen LogP contribution in [0.1, 0.15) is 0 Å². The molecular formula is C13H11BrFIN2O. The average molecular weight is 437 g/mol. The van der Waals surface area contributed by atoms with Gasteiger partial charge in [-0.05, 0) is 56.7 Å². The predicted molar refractivity (Wildman–Crippen MR) is 87.5 cm³/mol. The summed E-state index contributed by atoms with van der Waals surface area (Å²) >= 11 is 5.32. The zero-order valence-electron chi connectivity index (χ0n) is 10.0. The van der Waals surface area contributed by atoms with E-state index in [9.17, 15) is 4.39 Å². The normalized spacial score (nSPS) is 10.3. The van der Waals surface area contributed by atoms with Crippen molar-refractivity contribution in [3.05, 3.63) is 44.2 Å². The van der Waals surface area contributed by atoms with E-state index in [1.54, 1.807) is 19.2 Å². The van der Waals surface area contributed by atoms with Gasteiger partial charge in [0.1, 0.15) is 11.6 Å². The summed E-state index contributed by atoms with van der Waals surface area (Å²) in [5.74, 6) is 0.395. The highest BCUT2D eigenvalue weighted by molar-refractivity contribution is 14.1. The van der Waals surface area contributed by atoms with Gasteiger partial charge >= 0.3 is 0 Å². The molecule has 0 unspecified atom stereocenters. The Labute approximate surface area is 132 Å². The summed E-state index contributed by atoms with van der Waals surface area (Å²) in [5.41, 5.74) is 7.64. The monoisotopic (exact) mass is 436 g/mol. The SMILES string of the molecule is COc1ccc(Br)c(Nc2cc(F)c(I)cc2N)c1. The van der Waals surface area contributed by atoms with Crippen molar-refractivity contribution in [2.45, 2.75) is 0 Å². The zero-order valence-corrected chi connectivity index (χ0v) is 13.7. The quantitative estimate of drug-likeness (QED) is 0.549. The molecule has 100 valence electrons. The molecule has 0 aromatic heterocycles. The summed E-state index contributed by atoms with van der Waals surface area (Å²) in [6, 6.07) is 8.45. The van der Waals surface area contributed by atoms with Gasteiger partial charge in [-0.15, -0.1) is 0 Å². The number of methoxy groups -OCH3 is 1. The molecule has 0 bridgehead atoms. The van der Waals surface area contributed by atoms with Crippen molar-refractivity contribution >= 4 is 55.6 Å². The molecule has 2 aromatic carbocycles. The van der Waals surface area contributed by atoms with Crippen LogP contribution in [0.25, 0.3) is 0 Å². The number of nitrogen functional groups attached to an aromatic ring is 1. The first kappa shape index (κ1) is 14.4. The van der Waals surface area contributed by atoms with E-state index in [1.807, 2.05) is 34.7 Å². The van der Waals surface area contributed by atoms with Crippen molar-refractivity contribution in [3.8, 4) is 5.75 Å². The molecule has 0 aliphatic rings. The molecule has 0 aliphatic heterocycles. The van der Waals surface area contributed by atoms with Gasteiger partial charge < -0.3 is 15.8 Å². The Bertz CT molecular complexity index is 622. The fraction of sp³-hybridized carbons (Fsp3) is 0.0769. The van der Waals surface area contributed by atoms with Crippen LogP contribution in [0.2, 0.25) is 0 Å². The van der Waals surface area contributed by atoms with Crippen LogP contribution in [0.4, 0.5) is 21.5 Å². The van der Waals surface area contributed by atoms with Gasteiger partial charge in [-0.1, -0.05) is 0 Å². The summed E-state index contributed by atoms with van der Waals surface area (Å²) in [6.45, 7) is 0. The number of anilines is 3. The van der Waals surface area contributed by atoms with Crippen LogP contribution >= 0.6 is 38.5 Å². The lowest BCUT2D eigenvalue weighted by Gasteiger charge is -2.13. The second kappa shape index (κ2) is 5.96. The topological polar surface area (TPSA) is 47.3 Å². The second-order valence-corrected chi connectivity index (χ2v) is 5.84. The Balaban J connectivity index is 2.38. The van der Waals surface area contributed by atoms with Crippen LogP contribution in [0.3, 0.4) is 0 Å². The molecule has 0 spiro atoms. The van der Waals surface area contributed by atoms with Crippen LogP contribution in [0, 0.1) is 9.39 Å². The van der Waals surface area contributed by atoms with Crippen LogP contribution in [0.5, 0.6) is 5.75 Å². The first-order valence-corrected chi connectivity index (χ1v) is 7.23. The minimum atomic E-state index is -0.309. The maximum absolute atomic E-state index is 13.6. The molecule has 0 radical (unpaired) electrons. The van der Waals surface area contributed by atoms with E-state index in [1.165, 1.54) is 6.07 Å². The van der Waals surface area contributed by atoms with Crippen LogP contribution in [-0.4, -0.2) is 7.11 Å². The Morgan fingerprint density at radius 3 is 2.68 bits per heavy atom. The Hall–Kier alpha value is -1.02. The number of rotatable bonds is 3. The Morgan fingerprint density at radius 1 is 1.26 bits per heavy atom. The van der Waals surface area contributed by atoms with Gasteiger partial charge in [0.25, 0.3) is 0 Å². The summed E-state index contributed by atoms with van der Waals surface area (Å²) in [5, 5.41) is 3.09. The molecule has 19 heavy (non-hydrogen) atoms. The maximum Gasteiger partial charge on any atom is 0.138 e. The van der Waals surface area contributed by atoms with Crippen molar-refractivity contribution in [1.29, 1.82) is 0 Å². The van der Waals surface area contributed by atoms with Gasteiger partial charge in [-0.2, -0.15) is 0 Å². The average Bonchev–Trinajstić information content (AvgIpc) is 2.38. The summed E-state index contributed by atoms with van der Waals surface area (Å²) in [6.07, 6.45) is 0. The zero-order chi connectivity index (χ0) is 14.0. The Morgan fingerprint density at radius 2 is 2.00 bits per heavy atom. The lowest BCUT2D eigenvalue weighted by Crippen LogP contribution is -1.99. The molecule has 2 aromatic rings. The molecule has 0 amide bonds. The van der Waals surface area contributed by atoms with Crippen molar-refractivity contribution in [1.82, 2.24) is 0 Å². The van der Waals surface area contributed by atoms with Crippen molar-refractivity contribution in [2.24, 2.45) is 0 Å². The van der Waals surface area contributed by atoms with Gasteiger partial charge in [0.05, 0.1) is 27.7 Å². The molecule has 3 nitrogen and oxygen atoms in total. The van der Waals surface area contributed by atoms with Crippen molar-refractivity contribution in [3.63, 3.8) is 0 Å². The highest BCUT2D eigenvalue weighted by Gasteiger charge is 2.08. The predicted octanol–water partition coefficient (Wildman–Crippen LogP) is 4.53. The summed E-state index contributed by atoms with van der Waals surface area (Å²) in [7, 11) is 1.59. The molecule has 0 saturated carbocycles. The van der Waals surface area contributed by atoms with E-state index in [0.717, 1.165) is 10.2 Å². The number of benzene rings is 2. The minimum Gasteiger partial charge on any atom is -0.497 e. The largest absolute Gasteiger partial charge is 0.497 e.